The van der Waals surface area contributed by atoms with E-state index in [1.54, 1.807) is 4.90 Å². The van der Waals surface area contributed by atoms with Crippen LogP contribution in [0.15, 0.2) is 4.99 Å². The zero-order valence-corrected chi connectivity index (χ0v) is 17.5. The molecule has 1 aliphatic carbocycles. The molecule has 0 spiro atoms. The van der Waals surface area contributed by atoms with Crippen LogP contribution in [0.3, 0.4) is 0 Å². The average molecular weight is 450 g/mol. The SMILES string of the molecule is CCN=C(NC1CCC(=O)N(C)C1)NC1C2CCOC2C1(C)C.I. The number of guanidine groups is 1. The summed E-state index contributed by atoms with van der Waals surface area (Å²) in [7, 11) is 1.87. The maximum atomic E-state index is 11.6. The Morgan fingerprint density at radius 3 is 2.79 bits per heavy atom. The van der Waals surface area contributed by atoms with Crippen molar-refractivity contribution in [3.63, 3.8) is 0 Å². The van der Waals surface area contributed by atoms with Gasteiger partial charge in [0.05, 0.1) is 6.10 Å². The Balaban J connectivity index is 0.00000208. The van der Waals surface area contributed by atoms with Crippen LogP contribution in [-0.4, -0.2) is 61.7 Å². The Labute approximate surface area is 162 Å². The van der Waals surface area contributed by atoms with Crippen LogP contribution < -0.4 is 10.6 Å². The van der Waals surface area contributed by atoms with Crippen molar-refractivity contribution >= 4 is 35.8 Å². The van der Waals surface area contributed by atoms with E-state index < -0.39 is 0 Å². The van der Waals surface area contributed by atoms with Crippen molar-refractivity contribution in [3.8, 4) is 0 Å². The van der Waals surface area contributed by atoms with E-state index in [0.29, 0.717) is 24.5 Å². The Kier molecular flexibility index (Phi) is 6.39. The number of hydrogen-bond acceptors (Lipinski definition) is 3. The second-order valence-electron chi connectivity index (χ2n) is 7.66. The summed E-state index contributed by atoms with van der Waals surface area (Å²) in [5.74, 6) is 1.70. The molecule has 3 fully saturated rings. The quantitative estimate of drug-likeness (QED) is 0.390. The number of nitrogens with one attached hydrogen (secondary N) is 2. The standard InChI is InChI=1S/C17H30N4O2.HI/c1-5-18-16(19-11-6-7-13(22)21(4)10-11)20-14-12-8-9-23-15(12)17(14,2)3;/h11-12,14-15H,5-10H2,1-4H3,(H2,18,19,20);1H. The highest BCUT2D eigenvalue weighted by Crippen LogP contribution is 2.52. The lowest BCUT2D eigenvalue weighted by molar-refractivity contribution is -0.132. The number of carbonyl (C=O) groups excluding carboxylic acids is 1. The predicted molar refractivity (Wildman–Crippen MR) is 106 cm³/mol. The minimum atomic E-state index is 0. The van der Waals surface area contributed by atoms with Gasteiger partial charge in [-0.05, 0) is 19.8 Å². The lowest BCUT2D eigenvalue weighted by atomic mass is 9.57. The number of piperidine rings is 1. The van der Waals surface area contributed by atoms with E-state index in [1.165, 1.54) is 0 Å². The molecule has 0 aromatic carbocycles. The van der Waals surface area contributed by atoms with Crippen molar-refractivity contribution in [1.29, 1.82) is 0 Å². The topological polar surface area (TPSA) is 66.0 Å². The molecule has 1 amide bonds. The average Bonchev–Trinajstić information content (AvgIpc) is 2.95. The first-order valence-corrected chi connectivity index (χ1v) is 8.86. The normalized spacial score (nSPS) is 34.9. The molecule has 4 atom stereocenters. The van der Waals surface area contributed by atoms with Crippen LogP contribution in [0.2, 0.25) is 0 Å². The second kappa shape index (κ2) is 7.76. The molecule has 2 saturated heterocycles. The molecule has 2 N–H and O–H groups in total. The van der Waals surface area contributed by atoms with Crippen molar-refractivity contribution in [2.45, 2.75) is 58.2 Å². The highest BCUT2D eigenvalue weighted by molar-refractivity contribution is 14.0. The number of carbonyl (C=O) groups is 1. The minimum Gasteiger partial charge on any atom is -0.377 e. The van der Waals surface area contributed by atoms with Gasteiger partial charge in [0.15, 0.2) is 5.96 Å². The fourth-order valence-electron chi connectivity index (χ4n) is 4.38. The highest BCUT2D eigenvalue weighted by Gasteiger charge is 2.59. The van der Waals surface area contributed by atoms with E-state index in [0.717, 1.165) is 38.5 Å². The van der Waals surface area contributed by atoms with Gasteiger partial charge >= 0.3 is 0 Å². The summed E-state index contributed by atoms with van der Waals surface area (Å²) in [6.07, 6.45) is 2.99. The van der Waals surface area contributed by atoms with Gasteiger partial charge in [0.1, 0.15) is 0 Å². The molecule has 1 saturated carbocycles. The molecule has 0 aromatic heterocycles. The van der Waals surface area contributed by atoms with Gasteiger partial charge < -0.3 is 20.3 Å². The monoisotopic (exact) mass is 450 g/mol. The van der Waals surface area contributed by atoms with Crippen LogP contribution in [0.25, 0.3) is 0 Å². The smallest absolute Gasteiger partial charge is 0.222 e. The van der Waals surface area contributed by atoms with Gasteiger partial charge in [-0.2, -0.15) is 0 Å². The number of fused-ring (bicyclic) bond motifs is 1. The lowest BCUT2D eigenvalue weighted by Crippen LogP contribution is -2.68. The maximum Gasteiger partial charge on any atom is 0.222 e. The summed E-state index contributed by atoms with van der Waals surface area (Å²) in [4.78, 5) is 18.1. The van der Waals surface area contributed by atoms with Crippen molar-refractivity contribution in [2.24, 2.45) is 16.3 Å². The fourth-order valence-corrected chi connectivity index (χ4v) is 4.38. The third-order valence-electron chi connectivity index (χ3n) is 5.68. The zero-order chi connectivity index (χ0) is 16.6. The van der Waals surface area contributed by atoms with Crippen LogP contribution in [0.4, 0.5) is 0 Å². The third-order valence-corrected chi connectivity index (χ3v) is 5.68. The third kappa shape index (κ3) is 3.66. The summed E-state index contributed by atoms with van der Waals surface area (Å²) in [5, 5.41) is 7.17. The van der Waals surface area contributed by atoms with Crippen LogP contribution in [0, 0.1) is 11.3 Å². The van der Waals surface area contributed by atoms with Gasteiger partial charge in [-0.3, -0.25) is 9.79 Å². The molecule has 2 heterocycles. The molecule has 6 nitrogen and oxygen atoms in total. The second-order valence-corrected chi connectivity index (χ2v) is 7.66. The van der Waals surface area contributed by atoms with Crippen LogP contribution in [0.5, 0.6) is 0 Å². The summed E-state index contributed by atoms with van der Waals surface area (Å²) in [5.41, 5.74) is 0.136. The number of likely N-dealkylation sites (tertiary alicyclic amines) is 1. The van der Waals surface area contributed by atoms with Crippen molar-refractivity contribution in [1.82, 2.24) is 15.5 Å². The van der Waals surface area contributed by atoms with Crippen molar-refractivity contribution in [2.75, 3.05) is 26.7 Å². The Bertz CT molecular complexity index is 497. The van der Waals surface area contributed by atoms with E-state index in [9.17, 15) is 4.79 Å². The van der Waals surface area contributed by atoms with Gasteiger partial charge in [-0.25, -0.2) is 0 Å². The fraction of sp³-hybridized carbons (Fsp3) is 0.882. The molecule has 0 bridgehead atoms. The number of aliphatic imine (C=N–C) groups is 1. The molecular formula is C17H31IN4O2. The van der Waals surface area contributed by atoms with Crippen molar-refractivity contribution in [3.05, 3.63) is 0 Å². The Hall–Kier alpha value is -0.570. The largest absolute Gasteiger partial charge is 0.377 e. The van der Waals surface area contributed by atoms with Crippen molar-refractivity contribution < 1.29 is 9.53 Å². The Morgan fingerprint density at radius 2 is 2.12 bits per heavy atom. The Morgan fingerprint density at radius 1 is 1.38 bits per heavy atom. The van der Waals surface area contributed by atoms with Gasteiger partial charge in [0.25, 0.3) is 0 Å². The maximum absolute atomic E-state index is 11.6. The first-order chi connectivity index (χ1) is 10.9. The van der Waals surface area contributed by atoms with Gasteiger partial charge in [0.2, 0.25) is 5.91 Å². The number of hydrogen-bond donors (Lipinski definition) is 2. The molecule has 2 aliphatic heterocycles. The van der Waals surface area contributed by atoms with Gasteiger partial charge in [0, 0.05) is 56.6 Å². The molecule has 3 rings (SSSR count). The molecule has 7 heteroatoms. The van der Waals surface area contributed by atoms with E-state index >= 15 is 0 Å². The first kappa shape index (κ1) is 19.8. The molecule has 0 radical (unpaired) electrons. The summed E-state index contributed by atoms with van der Waals surface area (Å²) in [6.45, 7) is 8.95. The van der Waals surface area contributed by atoms with Crippen LogP contribution >= 0.6 is 24.0 Å². The molecule has 3 aliphatic rings. The molecule has 0 aromatic rings. The van der Waals surface area contributed by atoms with E-state index in [-0.39, 0.29) is 41.3 Å². The number of nitrogens with zero attached hydrogens (tertiary/aromatic N) is 2. The molecule has 138 valence electrons. The lowest BCUT2D eigenvalue weighted by Gasteiger charge is -2.55. The molecule has 24 heavy (non-hydrogen) atoms. The summed E-state index contributed by atoms with van der Waals surface area (Å²) in [6, 6.07) is 0.671. The van der Waals surface area contributed by atoms with Crippen LogP contribution in [-0.2, 0) is 9.53 Å². The molecule has 4 unspecified atom stereocenters. The molecular weight excluding hydrogens is 419 g/mol. The van der Waals surface area contributed by atoms with E-state index in [1.807, 2.05) is 14.0 Å². The predicted octanol–water partition coefficient (Wildman–Crippen LogP) is 1.59. The van der Waals surface area contributed by atoms with Gasteiger partial charge in [-0.1, -0.05) is 13.8 Å². The van der Waals surface area contributed by atoms with E-state index in [4.69, 9.17) is 4.74 Å². The van der Waals surface area contributed by atoms with Gasteiger partial charge in [-0.15, -0.1) is 24.0 Å². The number of halogens is 1. The first-order valence-electron chi connectivity index (χ1n) is 8.86. The summed E-state index contributed by atoms with van der Waals surface area (Å²) < 4.78 is 5.87. The highest BCUT2D eigenvalue weighted by atomic mass is 127. The number of amides is 1. The van der Waals surface area contributed by atoms with Crippen LogP contribution in [0.1, 0.15) is 40.0 Å². The number of rotatable bonds is 3. The number of ether oxygens (including phenoxy) is 1. The zero-order valence-electron chi connectivity index (χ0n) is 15.2. The minimum absolute atomic E-state index is 0. The summed E-state index contributed by atoms with van der Waals surface area (Å²) >= 11 is 0. The van der Waals surface area contributed by atoms with E-state index in [2.05, 4.69) is 29.5 Å². The number of likely N-dealkylation sites (N-methyl/N-ethyl adjacent to an activating group) is 1.